The summed E-state index contributed by atoms with van der Waals surface area (Å²) in [6.45, 7) is 0.595. The molecule has 1 heterocycles. The second-order valence-electron chi connectivity index (χ2n) is 3.33. The van der Waals surface area contributed by atoms with Gasteiger partial charge < -0.3 is 10.2 Å². The van der Waals surface area contributed by atoms with Crippen LogP contribution in [0.1, 0.15) is 6.42 Å². The summed E-state index contributed by atoms with van der Waals surface area (Å²) in [5, 5.41) is 3.54. The van der Waals surface area contributed by atoms with Gasteiger partial charge in [-0.15, -0.1) is 0 Å². The summed E-state index contributed by atoms with van der Waals surface area (Å²) in [7, 11) is 3.48. The standard InChI is InChI=1S/C10H14ClN3O/c1-14(2)10(15)4-6-12-8-3-5-13-9(11)7-8/h3,5,7H,4,6H2,1-2H3,(H,12,13). The van der Waals surface area contributed by atoms with Crippen LogP contribution in [0.2, 0.25) is 5.15 Å². The summed E-state index contributed by atoms with van der Waals surface area (Å²) < 4.78 is 0. The maximum atomic E-state index is 11.2. The van der Waals surface area contributed by atoms with Crippen molar-refractivity contribution in [2.45, 2.75) is 6.42 Å². The molecule has 0 bridgehead atoms. The van der Waals surface area contributed by atoms with Crippen molar-refractivity contribution >= 4 is 23.2 Å². The van der Waals surface area contributed by atoms with E-state index in [4.69, 9.17) is 11.6 Å². The quantitative estimate of drug-likeness (QED) is 0.796. The van der Waals surface area contributed by atoms with E-state index in [0.717, 1.165) is 5.69 Å². The van der Waals surface area contributed by atoms with Gasteiger partial charge in [0.1, 0.15) is 5.15 Å². The van der Waals surface area contributed by atoms with E-state index in [1.54, 1.807) is 31.3 Å². The van der Waals surface area contributed by atoms with Crippen LogP contribution in [0.15, 0.2) is 18.3 Å². The number of nitrogens with one attached hydrogen (secondary N) is 1. The molecule has 1 amide bonds. The minimum absolute atomic E-state index is 0.0997. The van der Waals surface area contributed by atoms with Gasteiger partial charge in [-0.25, -0.2) is 4.98 Å². The summed E-state index contributed by atoms with van der Waals surface area (Å²) in [6.07, 6.45) is 2.09. The van der Waals surface area contributed by atoms with Gasteiger partial charge in [-0.05, 0) is 12.1 Å². The van der Waals surface area contributed by atoms with E-state index in [1.165, 1.54) is 0 Å². The molecule has 0 aromatic carbocycles. The third kappa shape index (κ3) is 4.16. The van der Waals surface area contributed by atoms with Gasteiger partial charge in [0.25, 0.3) is 0 Å². The second kappa shape index (κ2) is 5.56. The number of halogens is 1. The van der Waals surface area contributed by atoms with Crippen LogP contribution in [0.4, 0.5) is 5.69 Å². The number of amides is 1. The maximum Gasteiger partial charge on any atom is 0.223 e. The van der Waals surface area contributed by atoms with Crippen LogP contribution in [0.25, 0.3) is 0 Å². The van der Waals surface area contributed by atoms with E-state index in [2.05, 4.69) is 10.3 Å². The average Bonchev–Trinajstić information content (AvgIpc) is 2.17. The molecule has 0 aliphatic heterocycles. The molecule has 15 heavy (non-hydrogen) atoms. The molecule has 0 radical (unpaired) electrons. The molecule has 0 saturated heterocycles. The number of carbonyl (C=O) groups is 1. The Bertz CT molecular complexity index is 341. The summed E-state index contributed by atoms with van der Waals surface area (Å²) >= 11 is 5.71. The number of hydrogen-bond acceptors (Lipinski definition) is 3. The highest BCUT2D eigenvalue weighted by atomic mass is 35.5. The lowest BCUT2D eigenvalue weighted by molar-refractivity contribution is -0.128. The second-order valence-corrected chi connectivity index (χ2v) is 3.72. The number of anilines is 1. The van der Waals surface area contributed by atoms with Gasteiger partial charge in [-0.3, -0.25) is 4.79 Å². The zero-order valence-corrected chi connectivity index (χ0v) is 9.58. The minimum Gasteiger partial charge on any atom is -0.384 e. The number of pyridine rings is 1. The Kier molecular flexibility index (Phi) is 4.37. The Morgan fingerprint density at radius 1 is 1.60 bits per heavy atom. The lowest BCUT2D eigenvalue weighted by Gasteiger charge is -2.11. The van der Waals surface area contributed by atoms with Gasteiger partial charge >= 0.3 is 0 Å². The minimum atomic E-state index is 0.0997. The molecule has 0 atom stereocenters. The highest BCUT2D eigenvalue weighted by molar-refractivity contribution is 6.29. The molecule has 0 aliphatic rings. The fourth-order valence-electron chi connectivity index (χ4n) is 1.05. The van der Waals surface area contributed by atoms with Gasteiger partial charge in [0.05, 0.1) is 0 Å². The van der Waals surface area contributed by atoms with Crippen LogP contribution >= 0.6 is 11.6 Å². The molecule has 82 valence electrons. The van der Waals surface area contributed by atoms with E-state index in [0.29, 0.717) is 18.1 Å². The van der Waals surface area contributed by atoms with Gasteiger partial charge in [-0.2, -0.15) is 0 Å². The molecule has 1 N–H and O–H groups in total. The first kappa shape index (κ1) is 11.8. The van der Waals surface area contributed by atoms with Crippen LogP contribution in [0, 0.1) is 0 Å². The topological polar surface area (TPSA) is 45.2 Å². The Morgan fingerprint density at radius 3 is 2.93 bits per heavy atom. The number of carbonyl (C=O) groups excluding carboxylic acids is 1. The zero-order chi connectivity index (χ0) is 11.3. The third-order valence-electron chi connectivity index (χ3n) is 1.89. The van der Waals surface area contributed by atoms with Crippen molar-refractivity contribution in [2.75, 3.05) is 26.0 Å². The van der Waals surface area contributed by atoms with Crippen molar-refractivity contribution < 1.29 is 4.79 Å². The number of aromatic nitrogens is 1. The predicted octanol–water partition coefficient (Wildman–Crippen LogP) is 1.63. The Morgan fingerprint density at radius 2 is 2.33 bits per heavy atom. The average molecular weight is 228 g/mol. The lowest BCUT2D eigenvalue weighted by atomic mass is 10.3. The predicted molar refractivity (Wildman–Crippen MR) is 61.0 cm³/mol. The molecule has 0 saturated carbocycles. The van der Waals surface area contributed by atoms with Gasteiger partial charge in [0, 0.05) is 38.9 Å². The summed E-state index contributed by atoms with van der Waals surface area (Å²) in [6, 6.07) is 3.54. The molecule has 4 nitrogen and oxygen atoms in total. The van der Waals surface area contributed by atoms with E-state index in [1.807, 2.05) is 6.07 Å². The van der Waals surface area contributed by atoms with Crippen LogP contribution < -0.4 is 5.32 Å². The fourth-order valence-corrected chi connectivity index (χ4v) is 1.22. The number of hydrogen-bond donors (Lipinski definition) is 1. The number of rotatable bonds is 4. The molecule has 0 fully saturated rings. The van der Waals surface area contributed by atoms with Gasteiger partial charge in [-0.1, -0.05) is 11.6 Å². The van der Waals surface area contributed by atoms with Gasteiger partial charge in [0.15, 0.2) is 0 Å². The van der Waals surface area contributed by atoms with Crippen molar-refractivity contribution in [2.24, 2.45) is 0 Å². The van der Waals surface area contributed by atoms with Gasteiger partial charge in [0.2, 0.25) is 5.91 Å². The van der Waals surface area contributed by atoms with Crippen LogP contribution in [0.5, 0.6) is 0 Å². The fraction of sp³-hybridized carbons (Fsp3) is 0.400. The first-order valence-corrected chi connectivity index (χ1v) is 5.03. The molecule has 5 heteroatoms. The van der Waals surface area contributed by atoms with Crippen molar-refractivity contribution in [3.63, 3.8) is 0 Å². The van der Waals surface area contributed by atoms with E-state index in [9.17, 15) is 4.79 Å². The Balaban J connectivity index is 2.35. The Labute approximate surface area is 94.3 Å². The largest absolute Gasteiger partial charge is 0.384 e. The van der Waals surface area contributed by atoms with E-state index >= 15 is 0 Å². The number of nitrogens with zero attached hydrogens (tertiary/aromatic N) is 2. The molecule has 0 spiro atoms. The molecule has 0 unspecified atom stereocenters. The van der Waals surface area contributed by atoms with Crippen molar-refractivity contribution in [3.05, 3.63) is 23.5 Å². The summed E-state index contributed by atoms with van der Waals surface area (Å²) in [5.74, 6) is 0.0997. The third-order valence-corrected chi connectivity index (χ3v) is 2.10. The summed E-state index contributed by atoms with van der Waals surface area (Å²) in [4.78, 5) is 16.7. The van der Waals surface area contributed by atoms with Crippen LogP contribution in [-0.4, -0.2) is 36.4 Å². The SMILES string of the molecule is CN(C)C(=O)CCNc1ccnc(Cl)c1. The summed E-state index contributed by atoms with van der Waals surface area (Å²) in [5.41, 5.74) is 0.876. The maximum absolute atomic E-state index is 11.2. The van der Waals surface area contributed by atoms with Crippen LogP contribution in [0.3, 0.4) is 0 Å². The molecule has 1 rings (SSSR count). The molecule has 1 aromatic rings. The molecular formula is C10H14ClN3O. The van der Waals surface area contributed by atoms with E-state index < -0.39 is 0 Å². The van der Waals surface area contributed by atoms with Crippen molar-refractivity contribution in [1.29, 1.82) is 0 Å². The molecule has 1 aromatic heterocycles. The smallest absolute Gasteiger partial charge is 0.223 e. The Hall–Kier alpha value is -1.29. The van der Waals surface area contributed by atoms with E-state index in [-0.39, 0.29) is 5.91 Å². The zero-order valence-electron chi connectivity index (χ0n) is 8.83. The normalized spacial score (nSPS) is 9.80. The lowest BCUT2D eigenvalue weighted by Crippen LogP contribution is -2.23. The first-order valence-electron chi connectivity index (χ1n) is 4.65. The molecular weight excluding hydrogens is 214 g/mol. The highest BCUT2D eigenvalue weighted by Crippen LogP contribution is 2.11. The van der Waals surface area contributed by atoms with Crippen molar-refractivity contribution in [1.82, 2.24) is 9.88 Å². The molecule has 0 aliphatic carbocycles. The highest BCUT2D eigenvalue weighted by Gasteiger charge is 2.02. The van der Waals surface area contributed by atoms with Crippen molar-refractivity contribution in [3.8, 4) is 0 Å². The monoisotopic (exact) mass is 227 g/mol. The first-order chi connectivity index (χ1) is 7.09. The van der Waals surface area contributed by atoms with Crippen LogP contribution in [-0.2, 0) is 4.79 Å².